The van der Waals surface area contributed by atoms with E-state index in [0.29, 0.717) is 36.8 Å². The van der Waals surface area contributed by atoms with Crippen LogP contribution in [0.25, 0.3) is 6.08 Å². The van der Waals surface area contributed by atoms with Crippen LogP contribution in [-0.4, -0.2) is 60.9 Å². The predicted octanol–water partition coefficient (Wildman–Crippen LogP) is 5.33. The van der Waals surface area contributed by atoms with E-state index in [-0.39, 0.29) is 12.5 Å². The average Bonchev–Trinajstić information content (AvgIpc) is 3.43. The third-order valence-corrected chi connectivity index (χ3v) is 7.58. The highest BCUT2D eigenvalue weighted by Crippen LogP contribution is 2.43. The summed E-state index contributed by atoms with van der Waals surface area (Å²) >= 11 is 0. The van der Waals surface area contributed by atoms with Gasteiger partial charge in [-0.05, 0) is 60.4 Å². The number of hydrogen-bond donors (Lipinski definition) is 2. The highest BCUT2D eigenvalue weighted by molar-refractivity contribution is 6.01. The summed E-state index contributed by atoms with van der Waals surface area (Å²) in [5.74, 6) is 1.56. The van der Waals surface area contributed by atoms with Crippen molar-refractivity contribution in [3.8, 4) is 11.5 Å². The van der Waals surface area contributed by atoms with E-state index in [2.05, 4.69) is 5.43 Å². The molecule has 2 aliphatic heterocycles. The minimum atomic E-state index is -1.26. The summed E-state index contributed by atoms with van der Waals surface area (Å²) in [6, 6.07) is 25.1. The molecule has 0 bridgehead atoms. The Hall–Kier alpha value is -4.14. The number of benzene rings is 3. The number of carbonyl (C=O) groups excluding carboxylic acids is 1. The largest absolute Gasteiger partial charge is 0.497 e. The molecule has 2 atom stereocenters. The van der Waals surface area contributed by atoms with Crippen LogP contribution in [0.15, 0.2) is 89.9 Å². The molecule has 0 saturated carbocycles. The number of hydrazine groups is 1. The van der Waals surface area contributed by atoms with Crippen LogP contribution in [0.2, 0.25) is 0 Å². The van der Waals surface area contributed by atoms with Gasteiger partial charge in [0.15, 0.2) is 11.6 Å². The number of ether oxygens (including phenoxy) is 3. The van der Waals surface area contributed by atoms with E-state index in [9.17, 15) is 4.79 Å². The molecule has 2 heterocycles. The number of nitrogens with zero attached hydrogens (tertiary/aromatic N) is 2. The molecule has 1 saturated heterocycles. The van der Waals surface area contributed by atoms with Gasteiger partial charge in [-0.2, -0.15) is 0 Å². The molecular weight excluding hydrogens is 530 g/mol. The number of rotatable bonds is 12. The van der Waals surface area contributed by atoms with Crippen LogP contribution in [0.3, 0.4) is 0 Å². The number of carbonyl (C=O) groups is 1. The molecule has 0 radical (unpaired) electrons. The number of methoxy groups -OCH3 is 1. The smallest absolute Gasteiger partial charge is 0.266 e. The lowest BCUT2D eigenvalue weighted by Gasteiger charge is -2.34. The zero-order valence-electron chi connectivity index (χ0n) is 24.1. The Morgan fingerprint density at radius 1 is 1.05 bits per heavy atom. The molecule has 2 aliphatic rings. The summed E-state index contributed by atoms with van der Waals surface area (Å²) in [7, 11) is 1.62. The molecule has 5 rings (SSSR count). The fourth-order valence-corrected chi connectivity index (χ4v) is 5.30. The number of piperidine rings is 1. The van der Waals surface area contributed by atoms with Crippen molar-refractivity contribution in [1.29, 1.82) is 0 Å². The zero-order chi connectivity index (χ0) is 29.2. The van der Waals surface area contributed by atoms with Gasteiger partial charge >= 0.3 is 0 Å². The summed E-state index contributed by atoms with van der Waals surface area (Å²) in [5, 5.41) is 11.0. The molecule has 3 aromatic rings. The summed E-state index contributed by atoms with van der Waals surface area (Å²) < 4.78 is 17.8. The van der Waals surface area contributed by atoms with E-state index >= 15 is 0 Å². The average molecular weight is 570 g/mol. The maximum absolute atomic E-state index is 14.3. The first kappa shape index (κ1) is 29.4. The lowest BCUT2D eigenvalue weighted by atomic mass is 9.84. The van der Waals surface area contributed by atoms with Gasteiger partial charge in [0.25, 0.3) is 5.91 Å². The van der Waals surface area contributed by atoms with Crippen LogP contribution < -0.4 is 14.9 Å². The van der Waals surface area contributed by atoms with Crippen LogP contribution in [-0.2, 0) is 9.53 Å². The van der Waals surface area contributed by atoms with Gasteiger partial charge in [-0.3, -0.25) is 10.2 Å². The van der Waals surface area contributed by atoms with E-state index in [1.165, 1.54) is 0 Å². The Morgan fingerprint density at radius 3 is 2.57 bits per heavy atom. The number of aliphatic hydroxyl groups excluding tert-OH is 1. The first-order chi connectivity index (χ1) is 20.6. The molecule has 8 heteroatoms. The van der Waals surface area contributed by atoms with Gasteiger partial charge in [-0.25, -0.2) is 10.0 Å². The molecule has 8 nitrogen and oxygen atoms in total. The topological polar surface area (TPSA) is 92.6 Å². The summed E-state index contributed by atoms with van der Waals surface area (Å²) in [6.45, 7) is 2.12. The van der Waals surface area contributed by atoms with Crippen molar-refractivity contribution in [3.63, 3.8) is 0 Å². The van der Waals surface area contributed by atoms with Crippen molar-refractivity contribution in [2.24, 2.45) is 4.99 Å². The van der Waals surface area contributed by atoms with Crippen LogP contribution in [0.5, 0.6) is 11.5 Å². The molecular formula is C34H39N3O5. The van der Waals surface area contributed by atoms with E-state index in [4.69, 9.17) is 24.3 Å². The van der Waals surface area contributed by atoms with Crippen molar-refractivity contribution in [2.75, 3.05) is 33.4 Å². The molecule has 1 fully saturated rings. The summed E-state index contributed by atoms with van der Waals surface area (Å²) in [6.07, 6.45) is 7.47. The second kappa shape index (κ2) is 14.2. The van der Waals surface area contributed by atoms with Gasteiger partial charge < -0.3 is 19.3 Å². The van der Waals surface area contributed by atoms with Crippen molar-refractivity contribution >= 4 is 17.9 Å². The number of amides is 1. The molecule has 0 spiro atoms. The summed E-state index contributed by atoms with van der Waals surface area (Å²) in [4.78, 5) is 19.4. The molecule has 42 heavy (non-hydrogen) atoms. The highest BCUT2D eigenvalue weighted by Gasteiger charge is 2.53. The predicted molar refractivity (Wildman–Crippen MR) is 163 cm³/mol. The van der Waals surface area contributed by atoms with Crippen molar-refractivity contribution in [1.82, 2.24) is 10.4 Å². The minimum Gasteiger partial charge on any atom is -0.497 e. The Morgan fingerprint density at radius 2 is 1.83 bits per heavy atom. The molecule has 3 aromatic carbocycles. The summed E-state index contributed by atoms with van der Waals surface area (Å²) in [5.41, 5.74) is 4.52. The van der Waals surface area contributed by atoms with E-state index in [0.717, 1.165) is 49.0 Å². The maximum Gasteiger partial charge on any atom is 0.266 e. The fourth-order valence-electron chi connectivity index (χ4n) is 5.30. The van der Waals surface area contributed by atoms with Crippen molar-refractivity contribution < 1.29 is 24.1 Å². The molecule has 0 aliphatic carbocycles. The third-order valence-electron chi connectivity index (χ3n) is 7.58. The normalized spacial score (nSPS) is 20.6. The van der Waals surface area contributed by atoms with E-state index < -0.39 is 11.6 Å². The van der Waals surface area contributed by atoms with Gasteiger partial charge in [0.1, 0.15) is 11.5 Å². The van der Waals surface area contributed by atoms with Gasteiger partial charge in [0.2, 0.25) is 5.90 Å². The lowest BCUT2D eigenvalue weighted by Crippen LogP contribution is -2.55. The second-order valence-electron chi connectivity index (χ2n) is 10.6. The Balaban J connectivity index is 1.53. The lowest BCUT2D eigenvalue weighted by molar-refractivity contribution is -0.134. The Labute approximate surface area is 247 Å². The van der Waals surface area contributed by atoms with Crippen LogP contribution >= 0.6 is 0 Å². The van der Waals surface area contributed by atoms with Gasteiger partial charge in [0, 0.05) is 38.1 Å². The minimum absolute atomic E-state index is 0.0781. The quantitative estimate of drug-likeness (QED) is 0.287. The number of nitrogens with one attached hydrogen (secondary N) is 1. The number of hydrogen-bond acceptors (Lipinski definition) is 7. The second-order valence-corrected chi connectivity index (χ2v) is 10.6. The molecule has 220 valence electrons. The van der Waals surface area contributed by atoms with Gasteiger partial charge in [-0.15, -0.1) is 0 Å². The monoisotopic (exact) mass is 569 g/mol. The molecule has 2 N–H and O–H groups in total. The SMILES string of the molecule is COc1cccc([C@@H]2OC(c3ccc(OCCCO)cc3)=N[C@]2(C/C=C/c2ccccc2)C(=O)NN2CCCCC2)c1. The molecule has 0 aromatic heterocycles. The van der Waals surface area contributed by atoms with E-state index in [1.807, 2.05) is 96.0 Å². The van der Waals surface area contributed by atoms with Crippen molar-refractivity contribution in [3.05, 3.63) is 102 Å². The zero-order valence-corrected chi connectivity index (χ0v) is 24.1. The Bertz CT molecular complexity index is 1370. The van der Waals surface area contributed by atoms with Crippen LogP contribution in [0.1, 0.15) is 54.9 Å². The number of aliphatic imine (C=N–C) groups is 1. The molecule has 0 unspecified atom stereocenters. The van der Waals surface area contributed by atoms with Crippen LogP contribution in [0.4, 0.5) is 0 Å². The first-order valence-corrected chi connectivity index (χ1v) is 14.6. The number of aliphatic hydroxyl groups is 1. The van der Waals surface area contributed by atoms with E-state index in [1.54, 1.807) is 7.11 Å². The standard InChI is InChI=1S/C34H39N3O5/c1-40-30-15-8-14-28(25-30)31-34(20-9-13-26-11-4-2-5-12-26,33(39)36-37-21-6-3-7-22-37)35-32(42-31)27-16-18-29(19-17-27)41-24-10-23-38/h2,4-5,8-9,11-19,25,31,38H,3,6-7,10,20-24H2,1H3,(H,36,39)/b13-9+/t31-,34-/m0/s1. The maximum atomic E-state index is 14.3. The van der Waals surface area contributed by atoms with Crippen LogP contribution in [0, 0.1) is 0 Å². The molecule has 1 amide bonds. The highest BCUT2D eigenvalue weighted by atomic mass is 16.5. The van der Waals surface area contributed by atoms with Crippen molar-refractivity contribution in [2.45, 2.75) is 43.7 Å². The third kappa shape index (κ3) is 7.01. The first-order valence-electron chi connectivity index (χ1n) is 14.6. The Kier molecular flexibility index (Phi) is 9.90. The van der Waals surface area contributed by atoms with Gasteiger partial charge in [-0.1, -0.05) is 61.0 Å². The van der Waals surface area contributed by atoms with Gasteiger partial charge in [0.05, 0.1) is 13.7 Å². The fraction of sp³-hybridized carbons (Fsp3) is 0.353.